The summed E-state index contributed by atoms with van der Waals surface area (Å²) >= 11 is 7.68. The molecular weight excluding hydrogens is 284 g/mol. The van der Waals surface area contributed by atoms with E-state index in [-0.39, 0.29) is 15.5 Å². The highest BCUT2D eigenvalue weighted by Crippen LogP contribution is 2.41. The zero-order valence-corrected chi connectivity index (χ0v) is 12.9. The average molecular weight is 303 g/mol. The molecule has 1 aliphatic carbocycles. The molecule has 6 heteroatoms. The Balaban J connectivity index is 2.46. The lowest BCUT2D eigenvalue weighted by Gasteiger charge is -2.27. The Hall–Kier alpha value is -0.680. The van der Waals surface area contributed by atoms with Crippen LogP contribution in [0.4, 0.5) is 0 Å². The minimum Gasteiger partial charge on any atom is -0.297 e. The molecule has 0 spiro atoms. The molecular formula is C13H19ClN2O2S. The molecule has 19 heavy (non-hydrogen) atoms. The van der Waals surface area contributed by atoms with Crippen molar-refractivity contribution in [3.63, 3.8) is 0 Å². The van der Waals surface area contributed by atoms with Crippen molar-refractivity contribution < 1.29 is 0 Å². The van der Waals surface area contributed by atoms with Gasteiger partial charge in [0, 0.05) is 11.3 Å². The summed E-state index contributed by atoms with van der Waals surface area (Å²) in [4.78, 5) is 26.9. The first-order chi connectivity index (χ1) is 9.03. The minimum absolute atomic E-state index is 0.0235. The van der Waals surface area contributed by atoms with E-state index in [1.54, 1.807) is 11.8 Å². The highest BCUT2D eigenvalue weighted by molar-refractivity contribution is 8.00. The van der Waals surface area contributed by atoms with Crippen LogP contribution in [-0.4, -0.2) is 20.6 Å². The highest BCUT2D eigenvalue weighted by Gasteiger charge is 2.34. The van der Waals surface area contributed by atoms with Crippen LogP contribution in [0.15, 0.2) is 9.59 Å². The van der Waals surface area contributed by atoms with Gasteiger partial charge in [0.1, 0.15) is 5.15 Å². The number of rotatable bonds is 4. The van der Waals surface area contributed by atoms with Gasteiger partial charge in [-0.15, -0.1) is 0 Å². The second-order valence-corrected chi connectivity index (χ2v) is 6.71. The van der Waals surface area contributed by atoms with Crippen LogP contribution in [0.3, 0.4) is 0 Å². The largest absolute Gasteiger partial charge is 0.329 e. The van der Waals surface area contributed by atoms with Crippen molar-refractivity contribution in [3.8, 4) is 0 Å². The van der Waals surface area contributed by atoms with E-state index in [0.29, 0.717) is 18.5 Å². The van der Waals surface area contributed by atoms with Gasteiger partial charge in [-0.1, -0.05) is 31.4 Å². The maximum atomic E-state index is 12.3. The number of nitrogens with zero attached hydrogens (tertiary/aromatic N) is 1. The summed E-state index contributed by atoms with van der Waals surface area (Å²) in [6.45, 7) is 2.34. The van der Waals surface area contributed by atoms with Crippen LogP contribution in [0, 0.1) is 0 Å². The molecule has 0 aromatic carbocycles. The first-order valence-electron chi connectivity index (χ1n) is 6.59. The Morgan fingerprint density at radius 3 is 2.53 bits per heavy atom. The van der Waals surface area contributed by atoms with E-state index in [2.05, 4.69) is 11.2 Å². The molecule has 0 saturated heterocycles. The van der Waals surface area contributed by atoms with Gasteiger partial charge in [-0.05, 0) is 25.5 Å². The van der Waals surface area contributed by atoms with Gasteiger partial charge in [0.2, 0.25) is 0 Å². The Kier molecular flexibility index (Phi) is 4.46. The maximum absolute atomic E-state index is 12.3. The summed E-state index contributed by atoms with van der Waals surface area (Å²) in [5.74, 6) is 0. The molecule has 0 aliphatic heterocycles. The molecule has 0 atom stereocenters. The van der Waals surface area contributed by atoms with Gasteiger partial charge in [-0.2, -0.15) is 11.8 Å². The van der Waals surface area contributed by atoms with Gasteiger partial charge in [0.15, 0.2) is 0 Å². The summed E-state index contributed by atoms with van der Waals surface area (Å²) in [5, 5.41) is 0.179. The molecule has 1 aromatic rings. The van der Waals surface area contributed by atoms with Crippen molar-refractivity contribution in [2.75, 3.05) is 6.26 Å². The lowest BCUT2D eigenvalue weighted by atomic mass is 10.1. The van der Waals surface area contributed by atoms with Gasteiger partial charge in [0.05, 0.1) is 5.56 Å². The molecule has 0 radical (unpaired) electrons. The van der Waals surface area contributed by atoms with E-state index in [9.17, 15) is 9.59 Å². The third kappa shape index (κ3) is 2.77. The fourth-order valence-corrected chi connectivity index (χ4v) is 4.02. The van der Waals surface area contributed by atoms with Crippen molar-refractivity contribution in [2.45, 2.75) is 50.3 Å². The first-order valence-corrected chi connectivity index (χ1v) is 8.20. The smallest absolute Gasteiger partial charge is 0.297 e. The number of halogens is 1. The van der Waals surface area contributed by atoms with Crippen molar-refractivity contribution in [1.29, 1.82) is 0 Å². The summed E-state index contributed by atoms with van der Waals surface area (Å²) in [6, 6.07) is 0. The average Bonchev–Trinajstić information content (AvgIpc) is 2.84. The van der Waals surface area contributed by atoms with Gasteiger partial charge < -0.3 is 0 Å². The van der Waals surface area contributed by atoms with Gasteiger partial charge >= 0.3 is 5.69 Å². The van der Waals surface area contributed by atoms with Crippen LogP contribution < -0.4 is 11.2 Å². The number of nitrogens with one attached hydrogen (secondary N) is 1. The summed E-state index contributed by atoms with van der Waals surface area (Å²) in [6.07, 6.45) is 7.04. The Morgan fingerprint density at radius 2 is 2.00 bits per heavy atom. The summed E-state index contributed by atoms with van der Waals surface area (Å²) in [5.41, 5.74) is -0.139. The Labute approximate surface area is 121 Å². The zero-order valence-electron chi connectivity index (χ0n) is 11.3. The molecule has 1 saturated carbocycles. The predicted molar refractivity (Wildman–Crippen MR) is 80.4 cm³/mol. The monoisotopic (exact) mass is 302 g/mol. The van der Waals surface area contributed by atoms with E-state index in [1.165, 1.54) is 17.4 Å². The topological polar surface area (TPSA) is 54.9 Å². The Bertz CT molecular complexity index is 573. The molecule has 2 rings (SSSR count). The van der Waals surface area contributed by atoms with Crippen molar-refractivity contribution in [3.05, 3.63) is 31.6 Å². The van der Waals surface area contributed by atoms with Crippen LogP contribution in [0.25, 0.3) is 0 Å². The second kappa shape index (κ2) is 5.75. The number of hydrogen-bond acceptors (Lipinski definition) is 3. The van der Waals surface area contributed by atoms with Gasteiger partial charge in [-0.25, -0.2) is 4.79 Å². The Morgan fingerprint density at radius 1 is 1.37 bits per heavy atom. The van der Waals surface area contributed by atoms with Gasteiger partial charge in [0.25, 0.3) is 5.56 Å². The lowest BCUT2D eigenvalue weighted by Crippen LogP contribution is -2.43. The number of thioether (sulfide) groups is 1. The standard InChI is InChI=1S/C13H19ClN2O2S/c1-3-9-10(14)15-12(18)16(11(9)17)8-13(19-2)6-4-5-7-13/h3-8H2,1-2H3,(H,15,18). The van der Waals surface area contributed by atoms with Crippen molar-refractivity contribution in [1.82, 2.24) is 9.55 Å². The van der Waals surface area contributed by atoms with Crippen molar-refractivity contribution in [2.24, 2.45) is 0 Å². The minimum atomic E-state index is -0.396. The fraction of sp³-hybridized carbons (Fsp3) is 0.692. The summed E-state index contributed by atoms with van der Waals surface area (Å²) in [7, 11) is 0. The molecule has 4 nitrogen and oxygen atoms in total. The normalized spacial score (nSPS) is 17.8. The predicted octanol–water partition coefficient (Wildman–Crippen LogP) is 2.43. The third-order valence-corrected chi connectivity index (χ3v) is 5.70. The second-order valence-electron chi connectivity index (χ2n) is 5.06. The van der Waals surface area contributed by atoms with E-state index in [4.69, 9.17) is 11.6 Å². The van der Waals surface area contributed by atoms with Crippen molar-refractivity contribution >= 4 is 23.4 Å². The molecule has 106 valence electrons. The molecule has 1 N–H and O–H groups in total. The number of H-pyrrole nitrogens is 1. The van der Waals surface area contributed by atoms with Crippen LogP contribution in [0.5, 0.6) is 0 Å². The fourth-order valence-electron chi connectivity index (χ4n) is 2.77. The van der Waals surface area contributed by atoms with Crippen LogP contribution >= 0.6 is 23.4 Å². The van der Waals surface area contributed by atoms with E-state index in [1.807, 2.05) is 6.92 Å². The number of aromatic nitrogens is 2. The molecule has 0 amide bonds. The van der Waals surface area contributed by atoms with Crippen LogP contribution in [0.1, 0.15) is 38.2 Å². The summed E-state index contributed by atoms with van der Waals surface area (Å²) < 4.78 is 1.35. The first kappa shape index (κ1) is 14.7. The third-order valence-electron chi connectivity index (χ3n) is 3.98. The number of aromatic amines is 1. The molecule has 1 aromatic heterocycles. The van der Waals surface area contributed by atoms with Gasteiger partial charge in [-0.3, -0.25) is 14.3 Å². The molecule has 0 bridgehead atoms. The molecule has 1 fully saturated rings. The van der Waals surface area contributed by atoms with E-state index < -0.39 is 5.69 Å². The highest BCUT2D eigenvalue weighted by atomic mass is 35.5. The SMILES string of the molecule is CCc1c(Cl)[nH]c(=O)n(CC2(SC)CCCC2)c1=O. The lowest BCUT2D eigenvalue weighted by molar-refractivity contribution is 0.477. The van der Waals surface area contributed by atoms with E-state index >= 15 is 0 Å². The van der Waals surface area contributed by atoms with E-state index in [0.717, 1.165) is 12.8 Å². The zero-order chi connectivity index (χ0) is 14.0. The maximum Gasteiger partial charge on any atom is 0.329 e. The molecule has 1 heterocycles. The molecule has 1 aliphatic rings. The molecule has 0 unspecified atom stereocenters. The van der Waals surface area contributed by atoms with Crippen LogP contribution in [-0.2, 0) is 13.0 Å². The number of hydrogen-bond donors (Lipinski definition) is 1. The van der Waals surface area contributed by atoms with Crippen LogP contribution in [0.2, 0.25) is 5.15 Å². The quantitative estimate of drug-likeness (QED) is 0.869.